The summed E-state index contributed by atoms with van der Waals surface area (Å²) >= 11 is 0. The number of ether oxygens (including phenoxy) is 2. The zero-order valence-corrected chi connectivity index (χ0v) is 14.3. The Labute approximate surface area is 150 Å². The highest BCUT2D eigenvalue weighted by Gasteiger charge is 2.06. The van der Waals surface area contributed by atoms with Gasteiger partial charge in [-0.2, -0.15) is 5.10 Å². The molecule has 8 nitrogen and oxygen atoms in total. The second-order valence-corrected chi connectivity index (χ2v) is 5.25. The first kappa shape index (κ1) is 18.9. The number of nitro groups is 1. The molecule has 2 rings (SSSR count). The summed E-state index contributed by atoms with van der Waals surface area (Å²) in [5.41, 5.74) is 3.11. The summed E-state index contributed by atoms with van der Waals surface area (Å²) in [7, 11) is 0. The molecule has 1 amide bonds. The SMILES string of the molecule is CCCOc1ccc(/C=N/NC(=O)COc2ccc([N+](=O)[O-])cc2)cc1. The Kier molecular flexibility index (Phi) is 7.11. The van der Waals surface area contributed by atoms with Crippen molar-refractivity contribution >= 4 is 17.8 Å². The largest absolute Gasteiger partial charge is 0.494 e. The molecule has 0 heterocycles. The van der Waals surface area contributed by atoms with E-state index in [-0.39, 0.29) is 12.3 Å². The lowest BCUT2D eigenvalue weighted by atomic mass is 10.2. The van der Waals surface area contributed by atoms with Crippen molar-refractivity contribution in [2.45, 2.75) is 13.3 Å². The molecular formula is C18H19N3O5. The minimum absolute atomic E-state index is 0.0440. The summed E-state index contributed by atoms with van der Waals surface area (Å²) in [5, 5.41) is 14.4. The zero-order valence-electron chi connectivity index (χ0n) is 14.3. The van der Waals surface area contributed by atoms with Crippen molar-refractivity contribution in [1.82, 2.24) is 5.43 Å². The standard InChI is InChI=1S/C18H19N3O5/c1-2-11-25-16-7-3-14(4-8-16)12-19-20-18(22)13-26-17-9-5-15(6-10-17)21(23)24/h3-10,12H,2,11,13H2,1H3,(H,20,22)/b19-12+. The van der Waals surface area contributed by atoms with E-state index in [0.29, 0.717) is 12.4 Å². The topological polar surface area (TPSA) is 103 Å². The molecule has 0 aliphatic rings. The second kappa shape index (κ2) is 9.77. The molecule has 26 heavy (non-hydrogen) atoms. The Morgan fingerprint density at radius 1 is 1.12 bits per heavy atom. The first-order valence-electron chi connectivity index (χ1n) is 8.00. The van der Waals surface area contributed by atoms with Crippen LogP contribution < -0.4 is 14.9 Å². The normalized spacial score (nSPS) is 10.5. The van der Waals surface area contributed by atoms with Gasteiger partial charge in [0.2, 0.25) is 0 Å². The Balaban J connectivity index is 1.75. The fourth-order valence-electron chi connectivity index (χ4n) is 1.89. The summed E-state index contributed by atoms with van der Waals surface area (Å²) in [6.07, 6.45) is 2.45. The van der Waals surface area contributed by atoms with Crippen molar-refractivity contribution in [3.8, 4) is 11.5 Å². The van der Waals surface area contributed by atoms with E-state index >= 15 is 0 Å². The van der Waals surface area contributed by atoms with Gasteiger partial charge in [0.05, 0.1) is 17.7 Å². The molecule has 8 heteroatoms. The fraction of sp³-hybridized carbons (Fsp3) is 0.222. The summed E-state index contributed by atoms with van der Waals surface area (Å²) in [6, 6.07) is 12.8. The van der Waals surface area contributed by atoms with Gasteiger partial charge in [-0.15, -0.1) is 0 Å². The average molecular weight is 357 g/mol. The maximum Gasteiger partial charge on any atom is 0.277 e. The third-order valence-corrected chi connectivity index (χ3v) is 3.17. The van der Waals surface area contributed by atoms with E-state index in [2.05, 4.69) is 10.5 Å². The Morgan fingerprint density at radius 3 is 2.35 bits per heavy atom. The highest BCUT2D eigenvalue weighted by atomic mass is 16.6. The maximum atomic E-state index is 11.7. The van der Waals surface area contributed by atoms with E-state index in [0.717, 1.165) is 17.7 Å². The number of non-ortho nitro benzene ring substituents is 1. The third-order valence-electron chi connectivity index (χ3n) is 3.17. The fourth-order valence-corrected chi connectivity index (χ4v) is 1.89. The van der Waals surface area contributed by atoms with Crippen molar-refractivity contribution in [2.75, 3.05) is 13.2 Å². The van der Waals surface area contributed by atoms with Crippen molar-refractivity contribution in [2.24, 2.45) is 5.10 Å². The molecule has 1 N–H and O–H groups in total. The van der Waals surface area contributed by atoms with Crippen LogP contribution >= 0.6 is 0 Å². The number of carbonyl (C=O) groups is 1. The van der Waals surface area contributed by atoms with Crippen LogP contribution in [-0.2, 0) is 4.79 Å². The lowest BCUT2D eigenvalue weighted by Gasteiger charge is -2.05. The highest BCUT2D eigenvalue weighted by molar-refractivity contribution is 5.83. The van der Waals surface area contributed by atoms with Gasteiger partial charge in [0.15, 0.2) is 6.61 Å². The average Bonchev–Trinajstić information content (AvgIpc) is 2.66. The lowest BCUT2D eigenvalue weighted by molar-refractivity contribution is -0.384. The van der Waals surface area contributed by atoms with E-state index in [4.69, 9.17) is 9.47 Å². The first-order valence-corrected chi connectivity index (χ1v) is 8.00. The third kappa shape index (κ3) is 6.23. The number of hydrazone groups is 1. The van der Waals surface area contributed by atoms with Gasteiger partial charge in [-0.05, 0) is 48.4 Å². The van der Waals surface area contributed by atoms with Crippen LogP contribution in [0, 0.1) is 10.1 Å². The van der Waals surface area contributed by atoms with Gasteiger partial charge in [0.25, 0.3) is 11.6 Å². The monoisotopic (exact) mass is 357 g/mol. The van der Waals surface area contributed by atoms with Crippen LogP contribution in [0.25, 0.3) is 0 Å². The molecule has 0 saturated heterocycles. The number of nitrogens with zero attached hydrogens (tertiary/aromatic N) is 2. The molecule has 0 aliphatic heterocycles. The van der Waals surface area contributed by atoms with E-state index in [1.54, 1.807) is 0 Å². The molecule has 2 aromatic carbocycles. The minimum Gasteiger partial charge on any atom is -0.494 e. The van der Waals surface area contributed by atoms with Crippen LogP contribution in [0.15, 0.2) is 53.6 Å². The molecule has 0 unspecified atom stereocenters. The number of amides is 1. The predicted octanol–water partition coefficient (Wildman–Crippen LogP) is 2.91. The van der Waals surface area contributed by atoms with E-state index < -0.39 is 10.8 Å². The van der Waals surface area contributed by atoms with Crippen molar-refractivity contribution in [3.05, 3.63) is 64.2 Å². The quantitative estimate of drug-likeness (QED) is 0.422. The predicted molar refractivity (Wildman–Crippen MR) is 96.6 cm³/mol. The first-order chi connectivity index (χ1) is 12.6. The van der Waals surface area contributed by atoms with Crippen LogP contribution in [0.3, 0.4) is 0 Å². The van der Waals surface area contributed by atoms with Crippen molar-refractivity contribution in [1.29, 1.82) is 0 Å². The molecule has 0 radical (unpaired) electrons. The minimum atomic E-state index is -0.506. The molecule has 0 bridgehead atoms. The Hall–Kier alpha value is -3.42. The number of nitrogens with one attached hydrogen (secondary N) is 1. The van der Waals surface area contributed by atoms with Crippen LogP contribution in [0.4, 0.5) is 5.69 Å². The molecule has 0 saturated carbocycles. The van der Waals surface area contributed by atoms with Crippen molar-refractivity contribution in [3.63, 3.8) is 0 Å². The van der Waals surface area contributed by atoms with Crippen LogP contribution in [0.5, 0.6) is 11.5 Å². The number of rotatable bonds is 9. The van der Waals surface area contributed by atoms with Gasteiger partial charge in [-0.3, -0.25) is 14.9 Å². The van der Waals surface area contributed by atoms with Crippen LogP contribution in [-0.4, -0.2) is 30.3 Å². The smallest absolute Gasteiger partial charge is 0.277 e. The summed E-state index contributed by atoms with van der Waals surface area (Å²) < 4.78 is 10.7. The summed E-state index contributed by atoms with van der Waals surface area (Å²) in [5.74, 6) is 0.699. The number of carbonyl (C=O) groups excluding carboxylic acids is 1. The van der Waals surface area contributed by atoms with Gasteiger partial charge in [-0.25, -0.2) is 5.43 Å². The van der Waals surface area contributed by atoms with Gasteiger partial charge in [-0.1, -0.05) is 6.92 Å². The molecule has 0 fully saturated rings. The van der Waals surface area contributed by atoms with Gasteiger partial charge in [0, 0.05) is 12.1 Å². The number of hydrogen-bond donors (Lipinski definition) is 1. The molecule has 0 aromatic heterocycles. The van der Waals surface area contributed by atoms with E-state index in [1.807, 2.05) is 31.2 Å². The van der Waals surface area contributed by atoms with Crippen LogP contribution in [0.2, 0.25) is 0 Å². The molecule has 136 valence electrons. The molecule has 0 aliphatic carbocycles. The summed E-state index contributed by atoms with van der Waals surface area (Å²) in [4.78, 5) is 21.7. The second-order valence-electron chi connectivity index (χ2n) is 5.25. The van der Waals surface area contributed by atoms with Gasteiger partial charge < -0.3 is 9.47 Å². The number of benzene rings is 2. The van der Waals surface area contributed by atoms with Gasteiger partial charge in [0.1, 0.15) is 11.5 Å². The lowest BCUT2D eigenvalue weighted by Crippen LogP contribution is -2.24. The van der Waals surface area contributed by atoms with Crippen LogP contribution in [0.1, 0.15) is 18.9 Å². The zero-order chi connectivity index (χ0) is 18.8. The molecular weight excluding hydrogens is 338 g/mol. The Bertz CT molecular complexity index is 757. The van der Waals surface area contributed by atoms with Gasteiger partial charge >= 0.3 is 0 Å². The van der Waals surface area contributed by atoms with E-state index in [9.17, 15) is 14.9 Å². The number of nitro benzene ring substituents is 1. The van der Waals surface area contributed by atoms with Crippen molar-refractivity contribution < 1.29 is 19.2 Å². The highest BCUT2D eigenvalue weighted by Crippen LogP contribution is 2.17. The Morgan fingerprint density at radius 2 is 1.73 bits per heavy atom. The molecule has 0 spiro atoms. The summed E-state index contributed by atoms with van der Waals surface area (Å²) in [6.45, 7) is 2.45. The van der Waals surface area contributed by atoms with E-state index in [1.165, 1.54) is 30.5 Å². The maximum absolute atomic E-state index is 11.7. The molecule has 2 aromatic rings. The molecule has 0 atom stereocenters. The number of hydrogen-bond acceptors (Lipinski definition) is 6.